The number of aliphatic hydroxyl groups excluding tert-OH is 1. The van der Waals surface area contributed by atoms with Gasteiger partial charge in [-0.3, -0.25) is 9.59 Å². The van der Waals surface area contributed by atoms with Crippen LogP contribution < -0.4 is 10.6 Å². The topological polar surface area (TPSA) is 78.4 Å². The second-order valence-corrected chi connectivity index (χ2v) is 5.02. The van der Waals surface area contributed by atoms with Crippen LogP contribution in [-0.4, -0.2) is 16.9 Å². The minimum atomic E-state index is -0.276. The van der Waals surface area contributed by atoms with Crippen LogP contribution in [0.1, 0.15) is 28.4 Å². The first kappa shape index (κ1) is 15.7. The van der Waals surface area contributed by atoms with Crippen LogP contribution in [0.3, 0.4) is 0 Å². The Morgan fingerprint density at radius 3 is 2.55 bits per heavy atom. The quantitative estimate of drug-likeness (QED) is 0.812. The van der Waals surface area contributed by atoms with Crippen LogP contribution in [0.25, 0.3) is 0 Å². The summed E-state index contributed by atoms with van der Waals surface area (Å²) in [6.07, 6.45) is 0. The minimum absolute atomic E-state index is 0.0824. The van der Waals surface area contributed by atoms with Gasteiger partial charge in [0.15, 0.2) is 0 Å². The number of hydrogen-bond donors (Lipinski definition) is 3. The van der Waals surface area contributed by atoms with Crippen LogP contribution in [0.2, 0.25) is 0 Å². The lowest BCUT2D eigenvalue weighted by Crippen LogP contribution is -2.14. The Labute approximate surface area is 129 Å². The Hall–Kier alpha value is -2.66. The van der Waals surface area contributed by atoms with Gasteiger partial charge in [-0.1, -0.05) is 18.2 Å². The highest BCUT2D eigenvalue weighted by Crippen LogP contribution is 2.18. The number of carbonyl (C=O) groups is 2. The van der Waals surface area contributed by atoms with Gasteiger partial charge >= 0.3 is 0 Å². The smallest absolute Gasteiger partial charge is 0.255 e. The third-order valence-corrected chi connectivity index (χ3v) is 3.18. The van der Waals surface area contributed by atoms with E-state index in [1.165, 1.54) is 6.92 Å². The van der Waals surface area contributed by atoms with Crippen molar-refractivity contribution in [1.29, 1.82) is 0 Å². The standard InChI is InChI=1S/C17H18N2O3/c1-11-6-7-14(9-16(11)18-12(2)21)17(22)19-15-5-3-4-13(8-15)10-20/h3-9,20H,10H2,1-2H3,(H,18,21)(H,19,22). The van der Waals surface area contributed by atoms with Gasteiger partial charge in [-0.25, -0.2) is 0 Å². The number of aliphatic hydroxyl groups is 1. The van der Waals surface area contributed by atoms with Crippen molar-refractivity contribution < 1.29 is 14.7 Å². The van der Waals surface area contributed by atoms with E-state index in [1.807, 2.05) is 6.92 Å². The molecule has 0 bridgehead atoms. The Morgan fingerprint density at radius 1 is 1.09 bits per heavy atom. The van der Waals surface area contributed by atoms with Crippen LogP contribution in [0, 0.1) is 6.92 Å². The number of benzene rings is 2. The van der Waals surface area contributed by atoms with Crippen molar-refractivity contribution >= 4 is 23.2 Å². The number of aryl methyl sites for hydroxylation is 1. The van der Waals surface area contributed by atoms with E-state index in [4.69, 9.17) is 5.11 Å². The van der Waals surface area contributed by atoms with E-state index in [9.17, 15) is 9.59 Å². The molecule has 0 saturated heterocycles. The Balaban J connectivity index is 2.20. The van der Waals surface area contributed by atoms with Crippen LogP contribution in [0.15, 0.2) is 42.5 Å². The van der Waals surface area contributed by atoms with E-state index in [1.54, 1.807) is 42.5 Å². The summed E-state index contributed by atoms with van der Waals surface area (Å²) in [5.41, 5.74) is 3.28. The molecule has 0 radical (unpaired) electrons. The van der Waals surface area contributed by atoms with Gasteiger partial charge in [-0.15, -0.1) is 0 Å². The summed E-state index contributed by atoms with van der Waals surface area (Å²) in [4.78, 5) is 23.4. The van der Waals surface area contributed by atoms with E-state index in [0.29, 0.717) is 16.9 Å². The molecule has 0 saturated carbocycles. The monoisotopic (exact) mass is 298 g/mol. The Kier molecular flexibility index (Phi) is 4.91. The Morgan fingerprint density at radius 2 is 1.86 bits per heavy atom. The lowest BCUT2D eigenvalue weighted by Gasteiger charge is -2.10. The first-order valence-electron chi connectivity index (χ1n) is 6.89. The molecule has 0 aromatic heterocycles. The zero-order chi connectivity index (χ0) is 16.1. The second kappa shape index (κ2) is 6.87. The molecular weight excluding hydrogens is 280 g/mol. The Bertz CT molecular complexity index is 711. The number of anilines is 2. The summed E-state index contributed by atoms with van der Waals surface area (Å²) in [6.45, 7) is 3.20. The maximum absolute atomic E-state index is 12.3. The van der Waals surface area contributed by atoms with Crippen LogP contribution in [0.4, 0.5) is 11.4 Å². The van der Waals surface area contributed by atoms with E-state index in [0.717, 1.165) is 11.1 Å². The molecule has 3 N–H and O–H groups in total. The molecule has 22 heavy (non-hydrogen) atoms. The molecule has 2 aromatic carbocycles. The third-order valence-electron chi connectivity index (χ3n) is 3.18. The molecule has 0 aliphatic carbocycles. The summed E-state index contributed by atoms with van der Waals surface area (Å²) >= 11 is 0. The fourth-order valence-electron chi connectivity index (χ4n) is 2.04. The molecule has 2 amide bonds. The highest BCUT2D eigenvalue weighted by molar-refractivity contribution is 6.05. The van der Waals surface area contributed by atoms with Gasteiger partial charge in [0.1, 0.15) is 0 Å². The highest BCUT2D eigenvalue weighted by Gasteiger charge is 2.09. The number of carbonyl (C=O) groups excluding carboxylic acids is 2. The van der Waals surface area contributed by atoms with Gasteiger partial charge in [-0.2, -0.15) is 0 Å². The summed E-state index contributed by atoms with van der Waals surface area (Å²) in [5.74, 6) is -0.460. The molecule has 0 heterocycles. The second-order valence-electron chi connectivity index (χ2n) is 5.02. The number of amides is 2. The summed E-state index contributed by atoms with van der Waals surface area (Å²) < 4.78 is 0. The molecule has 5 heteroatoms. The number of rotatable bonds is 4. The van der Waals surface area contributed by atoms with Crippen molar-refractivity contribution in [3.05, 3.63) is 59.2 Å². The molecule has 0 aliphatic rings. The molecule has 2 aromatic rings. The highest BCUT2D eigenvalue weighted by atomic mass is 16.3. The number of nitrogens with one attached hydrogen (secondary N) is 2. The van der Waals surface area contributed by atoms with Crippen molar-refractivity contribution in [2.75, 3.05) is 10.6 Å². The van der Waals surface area contributed by atoms with E-state index >= 15 is 0 Å². The molecular formula is C17H18N2O3. The van der Waals surface area contributed by atoms with Crippen molar-refractivity contribution in [2.45, 2.75) is 20.5 Å². The van der Waals surface area contributed by atoms with E-state index in [2.05, 4.69) is 10.6 Å². The molecule has 0 spiro atoms. The zero-order valence-corrected chi connectivity index (χ0v) is 12.5. The van der Waals surface area contributed by atoms with Gasteiger partial charge < -0.3 is 15.7 Å². The lowest BCUT2D eigenvalue weighted by atomic mass is 10.1. The normalized spacial score (nSPS) is 10.1. The zero-order valence-electron chi connectivity index (χ0n) is 12.5. The maximum atomic E-state index is 12.3. The fraction of sp³-hybridized carbons (Fsp3) is 0.176. The molecule has 0 aliphatic heterocycles. The van der Waals surface area contributed by atoms with Gasteiger partial charge in [0.05, 0.1) is 6.61 Å². The average Bonchev–Trinajstić information content (AvgIpc) is 2.49. The van der Waals surface area contributed by atoms with E-state index < -0.39 is 0 Å². The molecule has 5 nitrogen and oxygen atoms in total. The molecule has 114 valence electrons. The average molecular weight is 298 g/mol. The lowest BCUT2D eigenvalue weighted by molar-refractivity contribution is -0.114. The van der Waals surface area contributed by atoms with Gasteiger partial charge in [0.2, 0.25) is 5.91 Å². The van der Waals surface area contributed by atoms with Crippen molar-refractivity contribution in [3.8, 4) is 0 Å². The first-order chi connectivity index (χ1) is 10.5. The molecule has 0 fully saturated rings. The fourth-order valence-corrected chi connectivity index (χ4v) is 2.04. The third kappa shape index (κ3) is 3.93. The number of hydrogen-bond acceptors (Lipinski definition) is 3. The van der Waals surface area contributed by atoms with Crippen LogP contribution >= 0.6 is 0 Å². The minimum Gasteiger partial charge on any atom is -0.392 e. The summed E-state index contributed by atoms with van der Waals surface area (Å²) in [5, 5.41) is 14.6. The molecule has 2 rings (SSSR count). The van der Waals surface area contributed by atoms with Gasteiger partial charge in [0.25, 0.3) is 5.91 Å². The first-order valence-corrected chi connectivity index (χ1v) is 6.89. The van der Waals surface area contributed by atoms with Crippen LogP contribution in [0.5, 0.6) is 0 Å². The SMILES string of the molecule is CC(=O)Nc1cc(C(=O)Nc2cccc(CO)c2)ccc1C. The maximum Gasteiger partial charge on any atom is 0.255 e. The molecule has 0 unspecified atom stereocenters. The van der Waals surface area contributed by atoms with Gasteiger partial charge in [-0.05, 0) is 42.3 Å². The van der Waals surface area contributed by atoms with Gasteiger partial charge in [0, 0.05) is 23.9 Å². The largest absolute Gasteiger partial charge is 0.392 e. The van der Waals surface area contributed by atoms with Crippen molar-refractivity contribution in [1.82, 2.24) is 0 Å². The summed E-state index contributed by atoms with van der Waals surface area (Å²) in [6, 6.07) is 12.1. The predicted octanol–water partition coefficient (Wildman–Crippen LogP) is 2.70. The van der Waals surface area contributed by atoms with Crippen molar-refractivity contribution in [2.24, 2.45) is 0 Å². The van der Waals surface area contributed by atoms with Crippen LogP contribution in [-0.2, 0) is 11.4 Å². The summed E-state index contributed by atoms with van der Waals surface area (Å²) in [7, 11) is 0. The van der Waals surface area contributed by atoms with Crippen molar-refractivity contribution in [3.63, 3.8) is 0 Å². The predicted molar refractivity (Wildman–Crippen MR) is 85.8 cm³/mol. The van der Waals surface area contributed by atoms with E-state index in [-0.39, 0.29) is 18.4 Å². The molecule has 0 atom stereocenters.